The topological polar surface area (TPSA) is 98.6 Å². The number of hydrogen-bond acceptors (Lipinski definition) is 8. The van der Waals surface area contributed by atoms with Gasteiger partial charge in [0.15, 0.2) is 16.7 Å². The number of esters is 1. The molecule has 8 nitrogen and oxygen atoms in total. The van der Waals surface area contributed by atoms with Crippen molar-refractivity contribution in [2.24, 2.45) is 10.2 Å². The third-order valence-corrected chi connectivity index (χ3v) is 5.50. The summed E-state index contributed by atoms with van der Waals surface area (Å²) in [6, 6.07) is 12.4. The maximum atomic E-state index is 12.3. The second-order valence-corrected chi connectivity index (χ2v) is 7.67. The first kappa shape index (κ1) is 22.4. The van der Waals surface area contributed by atoms with Gasteiger partial charge >= 0.3 is 5.97 Å². The zero-order valence-electron chi connectivity index (χ0n) is 17.5. The van der Waals surface area contributed by atoms with Gasteiger partial charge in [0.1, 0.15) is 0 Å². The van der Waals surface area contributed by atoms with E-state index in [4.69, 9.17) is 14.2 Å². The van der Waals surface area contributed by atoms with Crippen LogP contribution in [0, 0.1) is 0 Å². The molecule has 0 radical (unpaired) electrons. The van der Waals surface area contributed by atoms with Gasteiger partial charge in [-0.3, -0.25) is 4.79 Å². The lowest BCUT2D eigenvalue weighted by molar-refractivity contribution is -0.118. The van der Waals surface area contributed by atoms with Gasteiger partial charge in [-0.2, -0.15) is 5.10 Å². The van der Waals surface area contributed by atoms with Crippen LogP contribution in [-0.4, -0.2) is 49.3 Å². The number of ether oxygens (including phenoxy) is 3. The van der Waals surface area contributed by atoms with Crippen LogP contribution >= 0.6 is 11.8 Å². The highest BCUT2D eigenvalue weighted by molar-refractivity contribution is 8.15. The first-order chi connectivity index (χ1) is 15.0. The van der Waals surface area contributed by atoms with Crippen LogP contribution in [0.15, 0.2) is 52.7 Å². The van der Waals surface area contributed by atoms with E-state index >= 15 is 0 Å². The van der Waals surface area contributed by atoms with Crippen LogP contribution in [0.3, 0.4) is 0 Å². The van der Waals surface area contributed by atoms with Gasteiger partial charge in [0, 0.05) is 0 Å². The fourth-order valence-corrected chi connectivity index (χ4v) is 3.84. The molecular weight excluding hydrogens is 418 g/mol. The number of benzene rings is 2. The molecule has 2 aromatic carbocycles. The molecule has 1 saturated heterocycles. The fraction of sp³-hybridized carbons (Fsp3) is 0.273. The molecule has 1 aliphatic rings. The molecule has 1 heterocycles. The molecule has 0 spiro atoms. The quantitative estimate of drug-likeness (QED) is 0.384. The maximum Gasteiger partial charge on any atom is 0.338 e. The normalized spacial score (nSPS) is 17.1. The third-order valence-electron chi connectivity index (χ3n) is 4.43. The number of hydrogen-bond donors (Lipinski definition) is 1. The molecule has 0 aromatic heterocycles. The minimum absolute atomic E-state index is 0.125. The van der Waals surface area contributed by atoms with Crippen LogP contribution < -0.4 is 14.8 Å². The van der Waals surface area contributed by atoms with Crippen molar-refractivity contribution in [3.63, 3.8) is 0 Å². The van der Waals surface area contributed by atoms with Gasteiger partial charge in [0.25, 0.3) is 0 Å². The highest BCUT2D eigenvalue weighted by Gasteiger charge is 2.30. The van der Waals surface area contributed by atoms with E-state index in [1.807, 2.05) is 18.2 Å². The van der Waals surface area contributed by atoms with Gasteiger partial charge in [-0.1, -0.05) is 23.9 Å². The van der Waals surface area contributed by atoms with E-state index in [1.54, 1.807) is 51.6 Å². The number of methoxy groups -OCH3 is 2. The summed E-state index contributed by atoms with van der Waals surface area (Å²) in [6.07, 6.45) is 2.08. The number of carbonyl (C=O) groups excluding carboxylic acids is 2. The summed E-state index contributed by atoms with van der Waals surface area (Å²) in [6.45, 7) is 2.09. The molecule has 1 aliphatic heterocycles. The molecule has 0 unspecified atom stereocenters. The summed E-state index contributed by atoms with van der Waals surface area (Å²) in [5, 5.41) is 11.0. The minimum atomic E-state index is -0.358. The molecule has 1 N–H and O–H groups in total. The zero-order chi connectivity index (χ0) is 22.2. The van der Waals surface area contributed by atoms with E-state index < -0.39 is 0 Å². The number of nitrogens with one attached hydrogen (secondary N) is 1. The second kappa shape index (κ2) is 10.6. The zero-order valence-corrected chi connectivity index (χ0v) is 18.3. The van der Waals surface area contributed by atoms with E-state index in [2.05, 4.69) is 15.5 Å². The Hall–Kier alpha value is -3.33. The van der Waals surface area contributed by atoms with E-state index in [0.717, 1.165) is 11.1 Å². The average Bonchev–Trinajstić information content (AvgIpc) is 3.13. The first-order valence-corrected chi connectivity index (χ1v) is 10.5. The Balaban J connectivity index is 1.60. The molecule has 0 saturated carbocycles. The number of rotatable bonds is 8. The third kappa shape index (κ3) is 5.85. The summed E-state index contributed by atoms with van der Waals surface area (Å²) < 4.78 is 15.4. The molecule has 1 atom stereocenters. The van der Waals surface area contributed by atoms with E-state index in [9.17, 15) is 9.59 Å². The van der Waals surface area contributed by atoms with Crippen molar-refractivity contribution in [2.75, 3.05) is 20.8 Å². The Kier molecular flexibility index (Phi) is 7.66. The molecule has 162 valence electrons. The lowest BCUT2D eigenvalue weighted by atomic mass is 10.1. The predicted octanol–water partition coefficient (Wildman–Crippen LogP) is 3.04. The Morgan fingerprint density at radius 1 is 1.13 bits per heavy atom. The fourth-order valence-electron chi connectivity index (χ4n) is 2.87. The molecule has 9 heteroatoms. The summed E-state index contributed by atoms with van der Waals surface area (Å²) in [7, 11) is 3.14. The van der Waals surface area contributed by atoms with Crippen LogP contribution in [-0.2, 0) is 16.0 Å². The summed E-state index contributed by atoms with van der Waals surface area (Å²) >= 11 is 1.32. The van der Waals surface area contributed by atoms with E-state index in [-0.39, 0.29) is 17.1 Å². The van der Waals surface area contributed by atoms with Gasteiger partial charge in [-0.25, -0.2) is 4.79 Å². The Morgan fingerprint density at radius 2 is 1.87 bits per heavy atom. The van der Waals surface area contributed by atoms with Crippen LogP contribution in [0.5, 0.6) is 11.5 Å². The Morgan fingerprint density at radius 3 is 2.55 bits per heavy atom. The number of thioether (sulfide) groups is 1. The van der Waals surface area contributed by atoms with Crippen molar-refractivity contribution >= 4 is 35.0 Å². The van der Waals surface area contributed by atoms with Crippen LogP contribution in [0.25, 0.3) is 0 Å². The van der Waals surface area contributed by atoms with Crippen LogP contribution in [0.4, 0.5) is 0 Å². The molecule has 1 fully saturated rings. The van der Waals surface area contributed by atoms with Gasteiger partial charge in [-0.15, -0.1) is 5.10 Å². The molecule has 0 aliphatic carbocycles. The largest absolute Gasteiger partial charge is 0.493 e. The van der Waals surface area contributed by atoms with Crippen LogP contribution in [0.2, 0.25) is 0 Å². The highest BCUT2D eigenvalue weighted by Crippen LogP contribution is 2.27. The lowest BCUT2D eigenvalue weighted by Gasteiger charge is -2.07. The van der Waals surface area contributed by atoms with Crippen molar-refractivity contribution in [1.82, 2.24) is 5.32 Å². The van der Waals surface area contributed by atoms with Crippen molar-refractivity contribution < 1.29 is 23.8 Å². The average molecular weight is 442 g/mol. The van der Waals surface area contributed by atoms with Crippen molar-refractivity contribution in [2.45, 2.75) is 18.6 Å². The molecule has 0 bridgehead atoms. The minimum Gasteiger partial charge on any atom is -0.493 e. The van der Waals surface area contributed by atoms with Crippen molar-refractivity contribution in [3.05, 3.63) is 59.2 Å². The number of carbonyl (C=O) groups is 2. The second-order valence-electron chi connectivity index (χ2n) is 6.48. The summed E-state index contributed by atoms with van der Waals surface area (Å²) in [5.41, 5.74) is 2.21. The number of amides is 1. The first-order valence-electron chi connectivity index (χ1n) is 9.60. The smallest absolute Gasteiger partial charge is 0.338 e. The molecule has 31 heavy (non-hydrogen) atoms. The number of amidine groups is 1. The van der Waals surface area contributed by atoms with E-state index in [0.29, 0.717) is 35.3 Å². The van der Waals surface area contributed by atoms with E-state index in [1.165, 1.54) is 11.8 Å². The van der Waals surface area contributed by atoms with Crippen molar-refractivity contribution in [1.29, 1.82) is 0 Å². The number of nitrogens with zero attached hydrogens (tertiary/aromatic N) is 2. The predicted molar refractivity (Wildman–Crippen MR) is 120 cm³/mol. The Labute approximate surface area is 184 Å². The van der Waals surface area contributed by atoms with Gasteiger partial charge in [0.05, 0.1) is 37.9 Å². The van der Waals surface area contributed by atoms with Gasteiger partial charge in [0.2, 0.25) is 5.91 Å². The van der Waals surface area contributed by atoms with Gasteiger partial charge < -0.3 is 19.5 Å². The highest BCUT2D eigenvalue weighted by atomic mass is 32.2. The monoisotopic (exact) mass is 441 g/mol. The SMILES string of the molecule is CCOC(=O)c1ccc(C[C@H]2S/C(=N\N=C/c3ccc(OC)c(OC)c3)NC2=O)cc1. The van der Waals surface area contributed by atoms with Crippen molar-refractivity contribution in [3.8, 4) is 11.5 Å². The molecule has 1 amide bonds. The standard InChI is InChI=1S/C22H23N3O5S/c1-4-30-21(27)16-8-5-14(6-9-16)12-19-20(26)24-22(31-19)25-23-13-15-7-10-17(28-2)18(11-15)29-3/h5-11,13,19H,4,12H2,1-3H3,(H,24,25,26)/b23-13-/t19-/m1/s1. The van der Waals surface area contributed by atoms with Gasteiger partial charge in [-0.05, 0) is 54.8 Å². The lowest BCUT2D eigenvalue weighted by Crippen LogP contribution is -2.25. The Bertz CT molecular complexity index is 1000. The molecule has 3 rings (SSSR count). The summed E-state index contributed by atoms with van der Waals surface area (Å²) in [4.78, 5) is 24.0. The van der Waals surface area contributed by atoms with Crippen LogP contribution in [0.1, 0.15) is 28.4 Å². The summed E-state index contributed by atoms with van der Waals surface area (Å²) in [5.74, 6) is 0.739. The molecular formula is C22H23N3O5S. The molecule has 2 aromatic rings. The maximum absolute atomic E-state index is 12.3.